The molecule has 0 bridgehead atoms. The molecule has 0 fully saturated rings. The van der Waals surface area contributed by atoms with E-state index in [1.54, 1.807) is 24.3 Å². The number of halogens is 1. The first kappa shape index (κ1) is 13.1. The summed E-state index contributed by atoms with van der Waals surface area (Å²) < 4.78 is 9.73. The van der Waals surface area contributed by atoms with Crippen LogP contribution in [0.15, 0.2) is 30.3 Å². The van der Waals surface area contributed by atoms with Gasteiger partial charge in [-0.2, -0.15) is 4.98 Å². The number of carbonyl (C=O) groups excluding carboxylic acids is 1. The van der Waals surface area contributed by atoms with Crippen LogP contribution in [0.1, 0.15) is 0 Å². The minimum absolute atomic E-state index is 0.277. The third-order valence-electron chi connectivity index (χ3n) is 2.21. The van der Waals surface area contributed by atoms with Gasteiger partial charge in [-0.1, -0.05) is 11.6 Å². The Hall–Kier alpha value is -2.34. The Labute approximate surface area is 114 Å². The van der Waals surface area contributed by atoms with E-state index >= 15 is 0 Å². The van der Waals surface area contributed by atoms with Gasteiger partial charge in [0.25, 0.3) is 0 Å². The van der Waals surface area contributed by atoms with Crippen LogP contribution in [0.5, 0.6) is 11.6 Å². The van der Waals surface area contributed by atoms with Crippen molar-refractivity contribution in [1.29, 1.82) is 0 Å². The van der Waals surface area contributed by atoms with Gasteiger partial charge in [-0.25, -0.2) is 9.78 Å². The van der Waals surface area contributed by atoms with Crippen LogP contribution in [0, 0.1) is 0 Å². The van der Waals surface area contributed by atoms with Crippen LogP contribution >= 0.6 is 11.6 Å². The quantitative estimate of drug-likeness (QED) is 0.871. The van der Waals surface area contributed by atoms with Gasteiger partial charge in [-0.15, -0.1) is 0 Å². The van der Waals surface area contributed by atoms with Gasteiger partial charge < -0.3 is 15.2 Å². The zero-order valence-electron chi connectivity index (χ0n) is 9.96. The Kier molecular flexibility index (Phi) is 3.82. The summed E-state index contributed by atoms with van der Waals surface area (Å²) in [5.41, 5.74) is 5.62. The maximum atomic E-state index is 10.6. The number of nitrogens with two attached hydrogens (primary N) is 1. The van der Waals surface area contributed by atoms with Crippen molar-refractivity contribution in [2.75, 3.05) is 7.11 Å². The van der Waals surface area contributed by atoms with Crippen molar-refractivity contribution in [3.63, 3.8) is 0 Å². The number of carbonyl (C=O) groups is 1. The summed E-state index contributed by atoms with van der Waals surface area (Å²) in [7, 11) is 1.49. The molecule has 0 spiro atoms. The number of hydrogen-bond acceptors (Lipinski definition) is 5. The summed E-state index contributed by atoms with van der Waals surface area (Å²) in [6, 6.07) is 8.04. The first-order chi connectivity index (χ1) is 9.08. The van der Waals surface area contributed by atoms with Crippen molar-refractivity contribution >= 4 is 17.7 Å². The zero-order valence-corrected chi connectivity index (χ0v) is 10.7. The Balaban J connectivity index is 2.31. The smallest absolute Gasteiger partial charge is 0.409 e. The molecule has 1 aromatic heterocycles. The van der Waals surface area contributed by atoms with E-state index in [2.05, 4.69) is 9.97 Å². The topological polar surface area (TPSA) is 87.3 Å². The maximum absolute atomic E-state index is 10.6. The third-order valence-corrected chi connectivity index (χ3v) is 2.41. The van der Waals surface area contributed by atoms with Crippen LogP contribution < -0.4 is 15.2 Å². The van der Waals surface area contributed by atoms with Crippen LogP contribution in [0.4, 0.5) is 4.79 Å². The summed E-state index contributed by atoms with van der Waals surface area (Å²) in [6.45, 7) is 0. The Morgan fingerprint density at radius 2 is 1.95 bits per heavy atom. The molecule has 2 N–H and O–H groups in total. The molecule has 0 aliphatic carbocycles. The lowest BCUT2D eigenvalue weighted by Crippen LogP contribution is -2.16. The van der Waals surface area contributed by atoms with Crippen LogP contribution in [-0.2, 0) is 0 Å². The molecule has 0 aliphatic rings. The molecule has 0 atom stereocenters. The Bertz CT molecular complexity index is 602. The lowest BCUT2D eigenvalue weighted by atomic mass is 10.2. The van der Waals surface area contributed by atoms with E-state index in [-0.39, 0.29) is 5.15 Å². The molecule has 0 radical (unpaired) electrons. The Morgan fingerprint density at radius 3 is 2.53 bits per heavy atom. The highest BCUT2D eigenvalue weighted by Crippen LogP contribution is 2.23. The minimum Gasteiger partial charge on any atom is -0.481 e. The van der Waals surface area contributed by atoms with E-state index in [0.717, 1.165) is 0 Å². The number of rotatable bonds is 3. The second-order valence-corrected chi connectivity index (χ2v) is 3.89. The van der Waals surface area contributed by atoms with Gasteiger partial charge in [-0.05, 0) is 24.3 Å². The number of aromatic nitrogens is 2. The monoisotopic (exact) mass is 279 g/mol. The number of amides is 1. The first-order valence-electron chi connectivity index (χ1n) is 5.25. The first-order valence-corrected chi connectivity index (χ1v) is 5.62. The Morgan fingerprint density at radius 1 is 1.26 bits per heavy atom. The fraction of sp³-hybridized carbons (Fsp3) is 0.0833. The summed E-state index contributed by atoms with van der Waals surface area (Å²) >= 11 is 5.86. The predicted molar refractivity (Wildman–Crippen MR) is 69.2 cm³/mol. The largest absolute Gasteiger partial charge is 0.481 e. The van der Waals surface area contributed by atoms with E-state index in [9.17, 15) is 4.79 Å². The fourth-order valence-electron chi connectivity index (χ4n) is 1.42. The number of ether oxygens (including phenoxy) is 2. The fourth-order valence-corrected chi connectivity index (χ4v) is 1.59. The van der Waals surface area contributed by atoms with E-state index in [0.29, 0.717) is 23.0 Å². The molecular weight excluding hydrogens is 270 g/mol. The van der Waals surface area contributed by atoms with Crippen LogP contribution in [-0.4, -0.2) is 23.2 Å². The van der Waals surface area contributed by atoms with Crippen LogP contribution in [0.25, 0.3) is 11.4 Å². The standard InChI is InChI=1S/C12H10ClN3O3/c1-18-10-6-9(13)15-11(16-10)7-2-4-8(5-3-7)19-12(14)17/h2-6H,1H3,(H2,14,17). The molecule has 7 heteroatoms. The maximum Gasteiger partial charge on any atom is 0.409 e. The summed E-state index contributed by atoms with van der Waals surface area (Å²) in [5, 5.41) is 0.277. The molecule has 0 saturated carbocycles. The van der Waals surface area contributed by atoms with Crippen molar-refractivity contribution in [2.45, 2.75) is 0 Å². The van der Waals surface area contributed by atoms with E-state index < -0.39 is 6.09 Å². The van der Waals surface area contributed by atoms with E-state index in [4.69, 9.17) is 26.8 Å². The summed E-state index contributed by atoms with van der Waals surface area (Å²) in [5.74, 6) is 1.12. The van der Waals surface area contributed by atoms with Crippen molar-refractivity contribution < 1.29 is 14.3 Å². The van der Waals surface area contributed by atoms with E-state index in [1.165, 1.54) is 13.2 Å². The molecule has 2 aromatic rings. The van der Waals surface area contributed by atoms with Gasteiger partial charge in [0.1, 0.15) is 10.9 Å². The van der Waals surface area contributed by atoms with Crippen molar-refractivity contribution in [3.05, 3.63) is 35.5 Å². The average Bonchev–Trinajstić information content (AvgIpc) is 2.38. The van der Waals surface area contributed by atoms with Crippen molar-refractivity contribution in [1.82, 2.24) is 9.97 Å². The normalized spacial score (nSPS) is 10.0. The molecule has 0 unspecified atom stereocenters. The summed E-state index contributed by atoms with van der Waals surface area (Å²) in [6.07, 6.45) is -0.867. The molecule has 1 amide bonds. The van der Waals surface area contributed by atoms with E-state index in [1.807, 2.05) is 0 Å². The molecule has 6 nitrogen and oxygen atoms in total. The van der Waals surface area contributed by atoms with Crippen molar-refractivity contribution in [3.8, 4) is 23.0 Å². The van der Waals surface area contributed by atoms with Gasteiger partial charge in [0.2, 0.25) is 5.88 Å². The highest BCUT2D eigenvalue weighted by Gasteiger charge is 2.07. The zero-order chi connectivity index (χ0) is 13.8. The lowest BCUT2D eigenvalue weighted by Gasteiger charge is -2.05. The van der Waals surface area contributed by atoms with Gasteiger partial charge in [-0.3, -0.25) is 0 Å². The van der Waals surface area contributed by atoms with Crippen LogP contribution in [0.2, 0.25) is 5.15 Å². The minimum atomic E-state index is -0.867. The second kappa shape index (κ2) is 5.53. The third kappa shape index (κ3) is 3.32. The molecule has 2 rings (SSSR count). The molecule has 98 valence electrons. The van der Waals surface area contributed by atoms with Gasteiger partial charge in [0.05, 0.1) is 7.11 Å². The molecule has 1 aromatic carbocycles. The lowest BCUT2D eigenvalue weighted by molar-refractivity contribution is 0.211. The number of nitrogens with zero attached hydrogens (tertiary/aromatic N) is 2. The molecule has 1 heterocycles. The van der Waals surface area contributed by atoms with Gasteiger partial charge >= 0.3 is 6.09 Å². The summed E-state index contributed by atoms with van der Waals surface area (Å²) in [4.78, 5) is 18.8. The molecule has 0 saturated heterocycles. The van der Waals surface area contributed by atoms with Crippen LogP contribution in [0.3, 0.4) is 0 Å². The number of primary amides is 1. The van der Waals surface area contributed by atoms with Gasteiger partial charge in [0.15, 0.2) is 5.82 Å². The number of hydrogen-bond donors (Lipinski definition) is 1. The molecule has 19 heavy (non-hydrogen) atoms. The van der Waals surface area contributed by atoms with Gasteiger partial charge in [0, 0.05) is 11.6 Å². The number of methoxy groups -OCH3 is 1. The second-order valence-electron chi connectivity index (χ2n) is 3.50. The average molecular weight is 280 g/mol. The molecule has 0 aliphatic heterocycles. The number of benzene rings is 1. The predicted octanol–water partition coefficient (Wildman–Crippen LogP) is 2.26. The van der Waals surface area contributed by atoms with Crippen molar-refractivity contribution in [2.24, 2.45) is 5.73 Å². The highest BCUT2D eigenvalue weighted by atomic mass is 35.5. The highest BCUT2D eigenvalue weighted by molar-refractivity contribution is 6.29. The molecular formula is C12H10ClN3O3. The SMILES string of the molecule is COc1cc(Cl)nc(-c2ccc(OC(N)=O)cc2)n1.